The molecule has 6 nitrogen and oxygen atoms in total. The third-order valence-electron chi connectivity index (χ3n) is 3.19. The largest absolute Gasteiger partial charge is 0.493 e. The van der Waals surface area contributed by atoms with Crippen LogP contribution in [0.25, 0.3) is 0 Å². The Hall–Kier alpha value is -1.18. The predicted molar refractivity (Wildman–Crippen MR) is 91.9 cm³/mol. The molecule has 0 aliphatic rings. The normalized spacial score (nSPS) is 11.0. The number of hydrogen-bond acceptors (Lipinski definition) is 5. The first-order chi connectivity index (χ1) is 9.84. The van der Waals surface area contributed by atoms with Crippen molar-refractivity contribution in [2.45, 2.75) is 20.4 Å². The van der Waals surface area contributed by atoms with Gasteiger partial charge in [0.25, 0.3) is 0 Å². The Morgan fingerprint density at radius 3 is 2.00 bits per heavy atom. The van der Waals surface area contributed by atoms with E-state index in [0.717, 1.165) is 24.9 Å². The van der Waals surface area contributed by atoms with Crippen LogP contribution in [0.4, 0.5) is 5.69 Å². The molecule has 0 radical (unpaired) electrons. The standard InChI is InChI=1S/C14H24N2O4S.ClH/c1-6-16(7-2)10-11-8-13(19-3)14(20-4)9-12(11)15-21(5,17)18;/h8-9,15H,6-7,10H2,1-5H3;1H. The van der Waals surface area contributed by atoms with Crippen LogP contribution in [0.1, 0.15) is 19.4 Å². The van der Waals surface area contributed by atoms with E-state index in [4.69, 9.17) is 9.47 Å². The van der Waals surface area contributed by atoms with Gasteiger partial charge in [0.15, 0.2) is 11.5 Å². The van der Waals surface area contributed by atoms with Crippen molar-refractivity contribution < 1.29 is 17.9 Å². The zero-order valence-electron chi connectivity index (χ0n) is 13.7. The van der Waals surface area contributed by atoms with Crippen LogP contribution >= 0.6 is 12.4 Å². The number of anilines is 1. The van der Waals surface area contributed by atoms with Gasteiger partial charge in [0, 0.05) is 12.6 Å². The van der Waals surface area contributed by atoms with Crippen molar-refractivity contribution in [2.75, 3.05) is 38.3 Å². The minimum atomic E-state index is -3.36. The average molecular weight is 353 g/mol. The summed E-state index contributed by atoms with van der Waals surface area (Å²) in [7, 11) is -0.280. The molecule has 22 heavy (non-hydrogen) atoms. The molecular weight excluding hydrogens is 328 g/mol. The highest BCUT2D eigenvalue weighted by Crippen LogP contribution is 2.34. The van der Waals surface area contributed by atoms with E-state index < -0.39 is 10.0 Å². The fourth-order valence-corrected chi connectivity index (χ4v) is 2.62. The molecule has 1 aromatic rings. The quantitative estimate of drug-likeness (QED) is 0.777. The summed E-state index contributed by atoms with van der Waals surface area (Å²) >= 11 is 0. The summed E-state index contributed by atoms with van der Waals surface area (Å²) in [5, 5.41) is 0. The molecule has 0 spiro atoms. The van der Waals surface area contributed by atoms with Gasteiger partial charge in [0.2, 0.25) is 10.0 Å². The molecule has 0 atom stereocenters. The van der Waals surface area contributed by atoms with E-state index in [0.29, 0.717) is 23.7 Å². The Balaban J connectivity index is 0.00000441. The lowest BCUT2D eigenvalue weighted by molar-refractivity contribution is 0.295. The van der Waals surface area contributed by atoms with E-state index in [1.165, 1.54) is 7.11 Å². The SMILES string of the molecule is CCN(CC)Cc1cc(OC)c(OC)cc1NS(C)(=O)=O.Cl. The Kier molecular flexibility index (Phi) is 8.58. The maximum absolute atomic E-state index is 11.5. The molecule has 0 saturated heterocycles. The van der Waals surface area contributed by atoms with Crippen LogP contribution in [0.3, 0.4) is 0 Å². The van der Waals surface area contributed by atoms with Crippen LogP contribution in [0.2, 0.25) is 0 Å². The summed E-state index contributed by atoms with van der Waals surface area (Å²) in [6.45, 7) is 6.51. The molecular formula is C14H25ClN2O4S. The Morgan fingerprint density at radius 2 is 1.59 bits per heavy atom. The zero-order valence-corrected chi connectivity index (χ0v) is 15.3. The monoisotopic (exact) mass is 352 g/mol. The van der Waals surface area contributed by atoms with Crippen molar-refractivity contribution in [1.82, 2.24) is 4.90 Å². The maximum atomic E-state index is 11.5. The van der Waals surface area contributed by atoms with Crippen LogP contribution in [-0.4, -0.2) is 46.9 Å². The molecule has 0 fully saturated rings. The first-order valence-electron chi connectivity index (χ1n) is 6.79. The molecule has 0 bridgehead atoms. The number of rotatable bonds is 8. The molecule has 1 N–H and O–H groups in total. The van der Waals surface area contributed by atoms with Crippen LogP contribution in [-0.2, 0) is 16.6 Å². The van der Waals surface area contributed by atoms with Gasteiger partial charge in [0.05, 0.1) is 26.2 Å². The number of ether oxygens (including phenoxy) is 2. The van der Waals surface area contributed by atoms with Gasteiger partial charge < -0.3 is 9.47 Å². The third kappa shape index (κ3) is 5.90. The third-order valence-corrected chi connectivity index (χ3v) is 3.78. The lowest BCUT2D eigenvalue weighted by atomic mass is 10.1. The summed E-state index contributed by atoms with van der Waals surface area (Å²) in [6.07, 6.45) is 1.13. The van der Waals surface area contributed by atoms with Gasteiger partial charge in [-0.25, -0.2) is 8.42 Å². The molecule has 0 heterocycles. The molecule has 1 rings (SSSR count). The minimum absolute atomic E-state index is 0. The van der Waals surface area contributed by atoms with Gasteiger partial charge >= 0.3 is 0 Å². The highest BCUT2D eigenvalue weighted by atomic mass is 35.5. The summed E-state index contributed by atoms with van der Waals surface area (Å²) in [5.41, 5.74) is 1.36. The van der Waals surface area contributed by atoms with E-state index in [2.05, 4.69) is 23.5 Å². The molecule has 128 valence electrons. The second kappa shape index (κ2) is 9.07. The molecule has 1 aromatic carbocycles. The maximum Gasteiger partial charge on any atom is 0.229 e. The van der Waals surface area contributed by atoms with E-state index in [-0.39, 0.29) is 12.4 Å². The van der Waals surface area contributed by atoms with E-state index >= 15 is 0 Å². The van der Waals surface area contributed by atoms with Crippen LogP contribution in [0, 0.1) is 0 Å². The van der Waals surface area contributed by atoms with Crippen LogP contribution in [0.5, 0.6) is 11.5 Å². The molecule has 0 saturated carbocycles. The van der Waals surface area contributed by atoms with Gasteiger partial charge in [-0.2, -0.15) is 0 Å². The highest BCUT2D eigenvalue weighted by Gasteiger charge is 2.15. The lowest BCUT2D eigenvalue weighted by Crippen LogP contribution is -2.23. The Morgan fingerprint density at radius 1 is 1.09 bits per heavy atom. The van der Waals surface area contributed by atoms with Gasteiger partial charge in [-0.1, -0.05) is 13.8 Å². The second-order valence-electron chi connectivity index (χ2n) is 4.70. The fourth-order valence-electron chi connectivity index (χ4n) is 2.03. The molecule has 0 aliphatic carbocycles. The first kappa shape index (κ1) is 20.8. The molecule has 8 heteroatoms. The number of nitrogens with zero attached hydrogens (tertiary/aromatic N) is 1. The van der Waals surface area contributed by atoms with Gasteiger partial charge in [-0.05, 0) is 24.7 Å². The number of benzene rings is 1. The first-order valence-corrected chi connectivity index (χ1v) is 8.68. The summed E-state index contributed by atoms with van der Waals surface area (Å²) in [4.78, 5) is 2.19. The highest BCUT2D eigenvalue weighted by molar-refractivity contribution is 7.92. The summed E-state index contributed by atoms with van der Waals surface area (Å²) in [6, 6.07) is 3.46. The van der Waals surface area contributed by atoms with Crippen molar-refractivity contribution in [3.63, 3.8) is 0 Å². The molecule has 0 aliphatic heterocycles. The van der Waals surface area contributed by atoms with Crippen LogP contribution < -0.4 is 14.2 Å². The van der Waals surface area contributed by atoms with Gasteiger partial charge in [0.1, 0.15) is 0 Å². The number of hydrogen-bond donors (Lipinski definition) is 1. The minimum Gasteiger partial charge on any atom is -0.493 e. The number of nitrogens with one attached hydrogen (secondary N) is 1. The molecule has 0 amide bonds. The predicted octanol–water partition coefficient (Wildman–Crippen LogP) is 2.34. The van der Waals surface area contributed by atoms with Crippen molar-refractivity contribution in [1.29, 1.82) is 0 Å². The lowest BCUT2D eigenvalue weighted by Gasteiger charge is -2.21. The number of halogens is 1. The fraction of sp³-hybridized carbons (Fsp3) is 0.571. The second-order valence-corrected chi connectivity index (χ2v) is 6.45. The van der Waals surface area contributed by atoms with E-state index in [9.17, 15) is 8.42 Å². The Bertz CT molecular complexity index is 574. The zero-order chi connectivity index (χ0) is 16.0. The van der Waals surface area contributed by atoms with Crippen molar-refractivity contribution in [3.8, 4) is 11.5 Å². The van der Waals surface area contributed by atoms with Crippen LogP contribution in [0.15, 0.2) is 12.1 Å². The van der Waals surface area contributed by atoms with Crippen molar-refractivity contribution in [2.24, 2.45) is 0 Å². The van der Waals surface area contributed by atoms with Crippen molar-refractivity contribution >= 4 is 28.1 Å². The smallest absolute Gasteiger partial charge is 0.229 e. The van der Waals surface area contributed by atoms with E-state index in [1.807, 2.05) is 6.07 Å². The van der Waals surface area contributed by atoms with E-state index in [1.54, 1.807) is 13.2 Å². The van der Waals surface area contributed by atoms with Crippen molar-refractivity contribution in [3.05, 3.63) is 17.7 Å². The molecule has 0 aromatic heterocycles. The topological polar surface area (TPSA) is 67.9 Å². The van der Waals surface area contributed by atoms with Gasteiger partial charge in [-0.15, -0.1) is 12.4 Å². The molecule has 0 unspecified atom stereocenters. The number of methoxy groups -OCH3 is 2. The van der Waals surface area contributed by atoms with Gasteiger partial charge in [-0.3, -0.25) is 9.62 Å². The summed E-state index contributed by atoms with van der Waals surface area (Å²) in [5.74, 6) is 1.07. The summed E-state index contributed by atoms with van der Waals surface area (Å²) < 4.78 is 36.1. The Labute approximate surface area is 139 Å². The average Bonchev–Trinajstić information content (AvgIpc) is 2.43. The number of sulfonamides is 1.